The van der Waals surface area contributed by atoms with Gasteiger partial charge in [0.05, 0.1) is 18.3 Å². The summed E-state index contributed by atoms with van der Waals surface area (Å²) in [5, 5.41) is 14.8. The summed E-state index contributed by atoms with van der Waals surface area (Å²) in [4.78, 5) is 31.3. The van der Waals surface area contributed by atoms with Gasteiger partial charge < -0.3 is 24.6 Å². The second-order valence-electron chi connectivity index (χ2n) is 5.79. The van der Waals surface area contributed by atoms with Crippen LogP contribution in [0.1, 0.15) is 38.3 Å². The fourth-order valence-corrected chi connectivity index (χ4v) is 2.71. The summed E-state index contributed by atoms with van der Waals surface area (Å²) in [6.45, 7) is 4.19. The Bertz CT molecular complexity index is 646. The van der Waals surface area contributed by atoms with E-state index in [-0.39, 0.29) is 5.78 Å². The molecule has 0 aromatic carbocycles. The molecule has 0 saturated heterocycles. The zero-order valence-electron chi connectivity index (χ0n) is 14.8. The van der Waals surface area contributed by atoms with Gasteiger partial charge >= 0.3 is 11.9 Å². The molecule has 0 unspecified atom stereocenters. The average Bonchev–Trinajstić information content (AvgIpc) is 3.03. The van der Waals surface area contributed by atoms with Gasteiger partial charge in [-0.25, -0.2) is 9.59 Å². The van der Waals surface area contributed by atoms with Crippen LogP contribution in [-0.2, 0) is 14.4 Å². The highest BCUT2D eigenvalue weighted by molar-refractivity contribution is 6.99. The maximum atomic E-state index is 10.9. The summed E-state index contributed by atoms with van der Waals surface area (Å²) in [6, 6.07) is 0. The second-order valence-corrected chi connectivity index (χ2v) is 6.32. The maximum absolute atomic E-state index is 10.9. The Morgan fingerprint density at radius 3 is 2.50 bits per heavy atom. The number of unbranched alkanes of at least 4 members (excludes halogenated alkanes) is 1. The lowest BCUT2D eigenvalue weighted by molar-refractivity contribution is -0.159. The molecule has 2 heterocycles. The first-order chi connectivity index (χ1) is 12.3. The minimum absolute atomic E-state index is 0.233. The molecule has 10 heteroatoms. The number of carboxylic acids is 2. The molecule has 1 aromatic rings. The fourth-order valence-electron chi connectivity index (χ4n) is 2.18. The van der Waals surface area contributed by atoms with Crippen LogP contribution >= 0.6 is 11.7 Å². The molecule has 9 nitrogen and oxygen atoms in total. The first kappa shape index (κ1) is 21.7. The highest BCUT2D eigenvalue weighted by Gasteiger charge is 2.18. The van der Waals surface area contributed by atoms with Crippen LogP contribution < -0.4 is 4.74 Å². The molecule has 0 atom stereocenters. The van der Waals surface area contributed by atoms with E-state index in [0.717, 1.165) is 38.0 Å². The minimum atomic E-state index is -1.82. The molecule has 1 aliphatic heterocycles. The Kier molecular flexibility index (Phi) is 9.45. The van der Waals surface area contributed by atoms with Gasteiger partial charge in [0.15, 0.2) is 0 Å². The number of carboxylic acid groups (broad SMARTS) is 2. The number of nitrogens with zero attached hydrogens (tertiary/aromatic N) is 3. The number of aliphatic carboxylic acids is 2. The molecule has 0 fully saturated rings. The number of ketones is 1. The zero-order chi connectivity index (χ0) is 19.5. The summed E-state index contributed by atoms with van der Waals surface area (Å²) < 4.78 is 14.3. The van der Waals surface area contributed by atoms with E-state index in [0.29, 0.717) is 18.9 Å². The van der Waals surface area contributed by atoms with E-state index in [2.05, 4.69) is 26.8 Å². The van der Waals surface area contributed by atoms with Gasteiger partial charge in [-0.3, -0.25) is 0 Å². The smallest absolute Gasteiger partial charge is 0.414 e. The molecule has 0 saturated carbocycles. The number of carbonyl (C=O) groups excluding carboxylic acids is 1. The number of likely N-dealkylation sites (N-methyl/N-ethyl adjacent to an activating group) is 1. The van der Waals surface area contributed by atoms with Gasteiger partial charge in [-0.15, -0.1) is 4.37 Å². The van der Waals surface area contributed by atoms with Crippen LogP contribution in [0.25, 0.3) is 5.57 Å². The van der Waals surface area contributed by atoms with Gasteiger partial charge in [-0.1, -0.05) is 6.08 Å². The average molecular weight is 385 g/mol. The molecule has 1 aromatic heterocycles. The number of rotatable bonds is 7. The number of carbonyl (C=O) groups is 3. The number of aromatic nitrogens is 2. The van der Waals surface area contributed by atoms with Crippen molar-refractivity contribution < 1.29 is 29.3 Å². The highest BCUT2D eigenvalue weighted by atomic mass is 32.1. The monoisotopic (exact) mass is 385 g/mol. The van der Waals surface area contributed by atoms with Crippen molar-refractivity contribution in [2.45, 2.75) is 32.6 Å². The third-order valence-corrected chi connectivity index (χ3v) is 3.96. The molecular weight excluding hydrogens is 362 g/mol. The zero-order valence-corrected chi connectivity index (χ0v) is 15.6. The normalized spacial score (nSPS) is 14.0. The van der Waals surface area contributed by atoms with Crippen molar-refractivity contribution in [3.63, 3.8) is 0 Å². The van der Waals surface area contributed by atoms with E-state index in [1.54, 1.807) is 6.92 Å². The lowest BCUT2D eigenvalue weighted by atomic mass is 10.1. The molecule has 0 radical (unpaired) electrons. The Morgan fingerprint density at radius 2 is 1.92 bits per heavy atom. The van der Waals surface area contributed by atoms with Gasteiger partial charge in [0.2, 0.25) is 0 Å². The van der Waals surface area contributed by atoms with Gasteiger partial charge in [0.25, 0.3) is 5.88 Å². The summed E-state index contributed by atoms with van der Waals surface area (Å²) in [5.41, 5.74) is 2.08. The van der Waals surface area contributed by atoms with Crippen LogP contribution in [0.15, 0.2) is 6.08 Å². The van der Waals surface area contributed by atoms with E-state index < -0.39 is 11.9 Å². The number of hydrogen-bond acceptors (Lipinski definition) is 8. The van der Waals surface area contributed by atoms with Crippen molar-refractivity contribution in [1.29, 1.82) is 0 Å². The number of hydrogen-bond donors (Lipinski definition) is 2. The molecule has 144 valence electrons. The van der Waals surface area contributed by atoms with E-state index >= 15 is 0 Å². The molecule has 26 heavy (non-hydrogen) atoms. The van der Waals surface area contributed by atoms with Crippen molar-refractivity contribution in [2.75, 3.05) is 26.7 Å². The van der Waals surface area contributed by atoms with E-state index in [1.807, 2.05) is 0 Å². The molecule has 1 aliphatic rings. The van der Waals surface area contributed by atoms with Crippen LogP contribution in [-0.4, -0.2) is 68.3 Å². The van der Waals surface area contributed by atoms with E-state index in [1.165, 1.54) is 17.3 Å². The standard InChI is InChI=1S/C14H21N3O2S.C2H2O4/c1-11(18)6-3-4-9-19-14-13(15-20-16-14)12-7-5-8-17(2)10-12;3-1(4)2(5)6/h7H,3-6,8-10H2,1-2H3;(H,3,4)(H,5,6). The largest absolute Gasteiger partial charge is 0.475 e. The van der Waals surface area contributed by atoms with Crippen molar-refractivity contribution in [1.82, 2.24) is 13.6 Å². The van der Waals surface area contributed by atoms with Crippen molar-refractivity contribution in [3.8, 4) is 5.88 Å². The topological polar surface area (TPSA) is 130 Å². The van der Waals surface area contributed by atoms with Crippen molar-refractivity contribution >= 4 is 35.0 Å². The van der Waals surface area contributed by atoms with Gasteiger partial charge in [0.1, 0.15) is 11.5 Å². The minimum Gasteiger partial charge on any atom is -0.475 e. The molecule has 2 N–H and O–H groups in total. The van der Waals surface area contributed by atoms with Gasteiger partial charge in [0, 0.05) is 19.5 Å². The van der Waals surface area contributed by atoms with Crippen LogP contribution in [0.3, 0.4) is 0 Å². The summed E-state index contributed by atoms with van der Waals surface area (Å²) in [7, 11) is 2.11. The van der Waals surface area contributed by atoms with E-state index in [4.69, 9.17) is 24.5 Å². The van der Waals surface area contributed by atoms with Crippen LogP contribution in [0, 0.1) is 0 Å². The van der Waals surface area contributed by atoms with Gasteiger partial charge in [-0.05, 0) is 38.8 Å². The Labute approximate surface area is 155 Å². The molecule has 0 bridgehead atoms. The molecular formula is C16H23N3O6S. The number of Topliss-reactive ketones (excluding diaryl/α,β-unsaturated/α-hetero) is 1. The van der Waals surface area contributed by atoms with E-state index in [9.17, 15) is 4.79 Å². The van der Waals surface area contributed by atoms with Gasteiger partial charge in [-0.2, -0.15) is 4.37 Å². The predicted molar refractivity (Wildman–Crippen MR) is 95.3 cm³/mol. The quantitative estimate of drug-likeness (QED) is 0.530. The molecule has 2 rings (SSSR count). The Morgan fingerprint density at radius 1 is 1.23 bits per heavy atom. The summed E-state index contributed by atoms with van der Waals surface area (Å²) in [6.07, 6.45) is 5.63. The summed E-state index contributed by atoms with van der Waals surface area (Å²) >= 11 is 1.19. The number of ether oxygens (including phenoxy) is 1. The lowest BCUT2D eigenvalue weighted by Gasteiger charge is -2.22. The van der Waals surface area contributed by atoms with Crippen LogP contribution in [0.5, 0.6) is 5.88 Å². The predicted octanol–water partition coefficient (Wildman–Crippen LogP) is 1.55. The maximum Gasteiger partial charge on any atom is 0.414 e. The first-order valence-electron chi connectivity index (χ1n) is 8.10. The Balaban J connectivity index is 0.000000487. The highest BCUT2D eigenvalue weighted by Crippen LogP contribution is 2.27. The molecule has 0 aliphatic carbocycles. The Hall–Kier alpha value is -2.33. The lowest BCUT2D eigenvalue weighted by Crippen LogP contribution is -2.25. The van der Waals surface area contributed by atoms with Crippen molar-refractivity contribution in [2.24, 2.45) is 0 Å². The fraction of sp³-hybridized carbons (Fsp3) is 0.562. The molecule has 0 spiro atoms. The van der Waals surface area contributed by atoms with Crippen LogP contribution in [0.2, 0.25) is 0 Å². The second kappa shape index (κ2) is 11.3. The first-order valence-corrected chi connectivity index (χ1v) is 8.83. The SMILES string of the molecule is CC(=O)CCCCOc1nsnc1C1=CCCN(C)C1.O=C(O)C(=O)O. The molecule has 0 amide bonds. The summed E-state index contributed by atoms with van der Waals surface area (Å²) in [5.74, 6) is -2.78. The third kappa shape index (κ3) is 8.17. The van der Waals surface area contributed by atoms with Crippen molar-refractivity contribution in [3.05, 3.63) is 11.8 Å². The third-order valence-electron chi connectivity index (χ3n) is 3.45. The van der Waals surface area contributed by atoms with Crippen LogP contribution in [0.4, 0.5) is 0 Å².